The summed E-state index contributed by atoms with van der Waals surface area (Å²) < 4.78 is 13.6. The van der Waals surface area contributed by atoms with Crippen LogP contribution in [0.15, 0.2) is 83.7 Å². The Morgan fingerprint density at radius 1 is 1.09 bits per heavy atom. The summed E-state index contributed by atoms with van der Waals surface area (Å²) in [6.45, 7) is 0.106. The summed E-state index contributed by atoms with van der Waals surface area (Å²) in [5.41, 5.74) is 0.0736. The molecule has 0 spiro atoms. The van der Waals surface area contributed by atoms with E-state index >= 15 is 0 Å². The number of carbonyl (C=O) groups excluding carboxylic acids is 1. The van der Waals surface area contributed by atoms with Gasteiger partial charge in [0, 0.05) is 29.0 Å². The number of benzene rings is 2. The monoisotopic (exact) mass is 509 g/mol. The van der Waals surface area contributed by atoms with Crippen molar-refractivity contribution in [2.75, 3.05) is 5.32 Å². The Bertz CT molecular complexity index is 1280. The quantitative estimate of drug-likeness (QED) is 0.261. The first kappa shape index (κ1) is 22.0. The van der Waals surface area contributed by atoms with E-state index in [9.17, 15) is 14.9 Å². The van der Waals surface area contributed by atoms with Crippen LogP contribution in [0.5, 0.6) is 17.2 Å². The van der Waals surface area contributed by atoms with Gasteiger partial charge in [-0.2, -0.15) is 5.10 Å². The Hall–Kier alpha value is -4.25. The average molecular weight is 510 g/mol. The third-order valence-electron chi connectivity index (χ3n) is 4.28. The number of anilines is 1. The average Bonchev–Trinajstić information content (AvgIpc) is 3.28. The van der Waals surface area contributed by atoms with Crippen molar-refractivity contribution in [2.45, 2.75) is 6.73 Å². The molecule has 4 aromatic rings. The molecular weight excluding hydrogens is 494 g/mol. The van der Waals surface area contributed by atoms with Crippen LogP contribution in [0.2, 0.25) is 0 Å². The van der Waals surface area contributed by atoms with Crippen molar-refractivity contribution in [3.8, 4) is 17.2 Å². The van der Waals surface area contributed by atoms with Crippen LogP contribution in [0.1, 0.15) is 10.5 Å². The summed E-state index contributed by atoms with van der Waals surface area (Å²) in [6, 6.07) is 16.1. The van der Waals surface area contributed by atoms with Crippen molar-refractivity contribution in [1.29, 1.82) is 0 Å². The van der Waals surface area contributed by atoms with Crippen LogP contribution in [0.3, 0.4) is 0 Å². The second-order valence-electron chi connectivity index (χ2n) is 6.69. The SMILES string of the molecule is O=C(Nc1cc(Oc2cccnc2)cc([N+](=O)[O-])c1)c1ccn(COc2ccc(Br)cc2)n1. The van der Waals surface area contributed by atoms with Gasteiger partial charge in [-0.15, -0.1) is 0 Å². The molecule has 0 saturated heterocycles. The number of amides is 1. The Morgan fingerprint density at radius 2 is 1.91 bits per heavy atom. The van der Waals surface area contributed by atoms with Gasteiger partial charge in [0.25, 0.3) is 11.6 Å². The van der Waals surface area contributed by atoms with Crippen molar-refractivity contribution >= 4 is 33.2 Å². The number of halogens is 1. The molecule has 0 unspecified atom stereocenters. The van der Waals surface area contributed by atoms with Gasteiger partial charge in [-0.1, -0.05) is 15.9 Å². The van der Waals surface area contributed by atoms with E-state index in [2.05, 4.69) is 31.3 Å². The van der Waals surface area contributed by atoms with Crippen LogP contribution in [0.4, 0.5) is 11.4 Å². The van der Waals surface area contributed by atoms with E-state index in [1.807, 2.05) is 12.1 Å². The van der Waals surface area contributed by atoms with Gasteiger partial charge in [0.1, 0.15) is 17.2 Å². The number of nitro benzene ring substituents is 1. The number of rotatable bonds is 8. The summed E-state index contributed by atoms with van der Waals surface area (Å²) in [7, 11) is 0. The number of pyridine rings is 1. The first-order valence-corrected chi connectivity index (χ1v) is 10.4. The van der Waals surface area contributed by atoms with Gasteiger partial charge in [-0.25, -0.2) is 4.68 Å². The van der Waals surface area contributed by atoms with Gasteiger partial charge in [-0.05, 0) is 42.5 Å². The van der Waals surface area contributed by atoms with Crippen LogP contribution in [0, 0.1) is 10.1 Å². The van der Waals surface area contributed by atoms with E-state index < -0.39 is 10.8 Å². The molecule has 2 aromatic carbocycles. The summed E-state index contributed by atoms with van der Waals surface area (Å²) in [4.78, 5) is 27.3. The summed E-state index contributed by atoms with van der Waals surface area (Å²) in [5, 5.41) is 18.1. The number of nitro groups is 1. The maximum Gasteiger partial charge on any atom is 0.276 e. The van der Waals surface area contributed by atoms with Gasteiger partial charge < -0.3 is 14.8 Å². The lowest BCUT2D eigenvalue weighted by atomic mass is 10.2. The standard InChI is InChI=1S/C22H16BrN5O5/c23-15-3-5-18(6-4-15)32-14-27-9-7-21(26-27)22(29)25-16-10-17(28(30)31)12-20(11-16)33-19-2-1-8-24-13-19/h1-13H,14H2,(H,25,29). The lowest BCUT2D eigenvalue weighted by Gasteiger charge is -2.09. The second-order valence-corrected chi connectivity index (χ2v) is 7.60. The zero-order valence-corrected chi connectivity index (χ0v) is 18.5. The number of non-ortho nitro benzene ring substituents is 1. The van der Waals surface area contributed by atoms with Gasteiger partial charge >= 0.3 is 0 Å². The molecule has 0 aliphatic rings. The molecule has 11 heteroatoms. The third kappa shape index (κ3) is 5.92. The fraction of sp³-hybridized carbons (Fsp3) is 0.0455. The number of hydrogen-bond donors (Lipinski definition) is 1. The summed E-state index contributed by atoms with van der Waals surface area (Å²) >= 11 is 3.36. The highest BCUT2D eigenvalue weighted by molar-refractivity contribution is 9.10. The molecule has 166 valence electrons. The molecule has 0 aliphatic heterocycles. The van der Waals surface area contributed by atoms with Crippen LogP contribution in [0.25, 0.3) is 0 Å². The predicted molar refractivity (Wildman–Crippen MR) is 122 cm³/mol. The normalized spacial score (nSPS) is 10.5. The fourth-order valence-corrected chi connectivity index (χ4v) is 3.05. The Labute approximate surface area is 196 Å². The molecule has 2 aromatic heterocycles. The van der Waals surface area contributed by atoms with Crippen molar-refractivity contribution < 1.29 is 19.2 Å². The molecule has 33 heavy (non-hydrogen) atoms. The maximum absolute atomic E-state index is 12.6. The molecule has 10 nitrogen and oxygen atoms in total. The van der Waals surface area contributed by atoms with Crippen LogP contribution < -0.4 is 14.8 Å². The molecule has 0 atom stereocenters. The third-order valence-corrected chi connectivity index (χ3v) is 4.81. The van der Waals surface area contributed by atoms with Crippen LogP contribution >= 0.6 is 15.9 Å². The first-order valence-electron chi connectivity index (χ1n) is 9.57. The second kappa shape index (κ2) is 9.92. The highest BCUT2D eigenvalue weighted by atomic mass is 79.9. The van der Waals surface area contributed by atoms with Crippen LogP contribution in [-0.2, 0) is 6.73 Å². The molecule has 0 radical (unpaired) electrons. The topological polar surface area (TPSA) is 121 Å². The number of hydrogen-bond acceptors (Lipinski definition) is 7. The Morgan fingerprint density at radius 3 is 2.64 bits per heavy atom. The van der Waals surface area contributed by atoms with Crippen molar-refractivity contribution in [3.05, 3.63) is 99.5 Å². The lowest BCUT2D eigenvalue weighted by molar-refractivity contribution is -0.384. The minimum Gasteiger partial charge on any atom is -0.471 e. The minimum atomic E-state index is -0.569. The lowest BCUT2D eigenvalue weighted by Crippen LogP contribution is -2.14. The van der Waals surface area contributed by atoms with Crippen LogP contribution in [-0.4, -0.2) is 25.6 Å². The van der Waals surface area contributed by atoms with E-state index in [1.165, 1.54) is 35.1 Å². The van der Waals surface area contributed by atoms with Gasteiger partial charge in [0.2, 0.25) is 0 Å². The zero-order chi connectivity index (χ0) is 23.2. The molecular formula is C22H16BrN5O5. The van der Waals surface area contributed by atoms with Gasteiger partial charge in [0.15, 0.2) is 12.4 Å². The van der Waals surface area contributed by atoms with Crippen molar-refractivity contribution in [2.24, 2.45) is 0 Å². The number of aromatic nitrogens is 3. The fourth-order valence-electron chi connectivity index (χ4n) is 2.78. The van der Waals surface area contributed by atoms with E-state index in [0.29, 0.717) is 11.5 Å². The van der Waals surface area contributed by atoms with Crippen molar-refractivity contribution in [3.63, 3.8) is 0 Å². The smallest absolute Gasteiger partial charge is 0.276 e. The molecule has 1 amide bonds. The Kier molecular flexibility index (Phi) is 6.60. The molecule has 0 fully saturated rings. The van der Waals surface area contributed by atoms with E-state index in [-0.39, 0.29) is 29.5 Å². The molecule has 0 saturated carbocycles. The highest BCUT2D eigenvalue weighted by Crippen LogP contribution is 2.29. The van der Waals surface area contributed by atoms with E-state index in [1.54, 1.807) is 36.7 Å². The van der Waals surface area contributed by atoms with Crippen molar-refractivity contribution in [1.82, 2.24) is 14.8 Å². The predicted octanol–water partition coefficient (Wildman–Crippen LogP) is 5.03. The first-order chi connectivity index (χ1) is 16.0. The highest BCUT2D eigenvalue weighted by Gasteiger charge is 2.15. The van der Waals surface area contributed by atoms with Gasteiger partial charge in [-0.3, -0.25) is 19.9 Å². The molecule has 0 bridgehead atoms. The zero-order valence-electron chi connectivity index (χ0n) is 16.9. The van der Waals surface area contributed by atoms with Gasteiger partial charge in [0.05, 0.1) is 22.9 Å². The maximum atomic E-state index is 12.6. The molecule has 2 heterocycles. The number of nitrogens with zero attached hydrogens (tertiary/aromatic N) is 4. The number of carbonyl (C=O) groups is 1. The van der Waals surface area contributed by atoms with E-state index in [0.717, 1.165) is 4.47 Å². The molecule has 4 rings (SSSR count). The number of nitrogens with one attached hydrogen (secondary N) is 1. The molecule has 0 aliphatic carbocycles. The summed E-state index contributed by atoms with van der Waals surface area (Å²) in [5.74, 6) is 0.698. The largest absolute Gasteiger partial charge is 0.471 e. The minimum absolute atomic E-state index is 0.106. The number of ether oxygens (including phenoxy) is 2. The summed E-state index contributed by atoms with van der Waals surface area (Å²) in [6.07, 6.45) is 4.65. The molecule has 1 N–H and O–H groups in total. The van der Waals surface area contributed by atoms with E-state index in [4.69, 9.17) is 9.47 Å². The Balaban J connectivity index is 1.45.